The first-order valence-electron chi connectivity index (χ1n) is 12.1. The highest BCUT2D eigenvalue weighted by molar-refractivity contribution is 6.06. The molecule has 1 atom stereocenters. The average Bonchev–Trinajstić information content (AvgIpc) is 3.52. The van der Waals surface area contributed by atoms with E-state index in [4.69, 9.17) is 4.74 Å². The number of aromatic amines is 1. The number of carbonyl (C=O) groups excluding carboxylic acids is 3. The molecule has 2 aliphatic rings. The van der Waals surface area contributed by atoms with Crippen molar-refractivity contribution < 1.29 is 28.3 Å². The second-order valence-corrected chi connectivity index (χ2v) is 9.09. The summed E-state index contributed by atoms with van der Waals surface area (Å²) in [6.45, 7) is 2.71. The number of imidazole rings is 1. The van der Waals surface area contributed by atoms with Crippen LogP contribution < -0.4 is 10.1 Å². The Morgan fingerprint density at radius 1 is 1.15 bits per heavy atom. The van der Waals surface area contributed by atoms with Gasteiger partial charge in [-0.2, -0.15) is 4.48 Å². The van der Waals surface area contributed by atoms with Gasteiger partial charge in [-0.3, -0.25) is 5.32 Å². The van der Waals surface area contributed by atoms with Crippen molar-refractivity contribution in [3.63, 3.8) is 0 Å². The van der Waals surface area contributed by atoms with E-state index in [2.05, 4.69) is 20.0 Å². The van der Waals surface area contributed by atoms with Crippen LogP contribution in [0.1, 0.15) is 73.2 Å². The molecule has 4 rings (SSSR count). The van der Waals surface area contributed by atoms with Crippen molar-refractivity contribution >= 4 is 23.7 Å². The van der Waals surface area contributed by atoms with Gasteiger partial charge in [-0.05, 0) is 43.4 Å². The van der Waals surface area contributed by atoms with Crippen molar-refractivity contribution in [1.29, 1.82) is 0 Å². The van der Waals surface area contributed by atoms with Crippen LogP contribution in [0.2, 0.25) is 0 Å². The summed E-state index contributed by atoms with van der Waals surface area (Å²) in [6, 6.07) is 7.16. The standard InChI is InChI=1S/C25H32N4O5/c1-3-14-29(15-6-7-17-10-12-19(13-11-17)34-16-20(30)33-2)24(31)21-23(28-25(29)32)27-22(26-21)18-8-4-5-9-18/h10-13,18H,3-9,14-16H2,1-2H3,(H-,26,27,28,31,32)/p+1. The molecule has 2 aromatic rings. The van der Waals surface area contributed by atoms with Crippen molar-refractivity contribution in [3.8, 4) is 5.75 Å². The molecule has 1 fully saturated rings. The number of carbonyl (C=O) groups is 3. The molecule has 1 saturated carbocycles. The Balaban J connectivity index is 1.42. The third-order valence-electron chi connectivity index (χ3n) is 6.80. The molecule has 2 N–H and O–H groups in total. The summed E-state index contributed by atoms with van der Waals surface area (Å²) in [5.41, 5.74) is 1.50. The number of ether oxygens (including phenoxy) is 2. The highest BCUT2D eigenvalue weighted by atomic mass is 16.6. The molecule has 9 nitrogen and oxygen atoms in total. The first kappa shape index (κ1) is 23.9. The number of esters is 1. The van der Waals surface area contributed by atoms with Crippen LogP contribution >= 0.6 is 0 Å². The molecule has 0 spiro atoms. The highest BCUT2D eigenvalue weighted by Gasteiger charge is 2.51. The van der Waals surface area contributed by atoms with E-state index in [9.17, 15) is 14.4 Å². The average molecular weight is 470 g/mol. The summed E-state index contributed by atoms with van der Waals surface area (Å²) in [6.07, 6.45) is 6.57. The number of aromatic nitrogens is 2. The minimum absolute atomic E-state index is 0.137. The van der Waals surface area contributed by atoms with E-state index in [1.165, 1.54) is 20.0 Å². The van der Waals surface area contributed by atoms with Gasteiger partial charge in [0.25, 0.3) is 0 Å². The summed E-state index contributed by atoms with van der Waals surface area (Å²) in [5.74, 6) is 1.49. The maximum atomic E-state index is 13.6. The topological polar surface area (TPSA) is 110 Å². The molecule has 2 heterocycles. The summed E-state index contributed by atoms with van der Waals surface area (Å²) < 4.78 is 9.71. The second-order valence-electron chi connectivity index (χ2n) is 9.09. The third-order valence-corrected chi connectivity index (χ3v) is 6.80. The minimum atomic E-state index is -0.436. The molecule has 9 heteroatoms. The molecule has 0 saturated heterocycles. The third kappa shape index (κ3) is 4.84. The van der Waals surface area contributed by atoms with Gasteiger partial charge in [-0.15, -0.1) is 0 Å². The Morgan fingerprint density at radius 3 is 2.56 bits per heavy atom. The van der Waals surface area contributed by atoms with E-state index >= 15 is 0 Å². The molecule has 0 bridgehead atoms. The Bertz CT molecular complexity index is 1040. The number of benzene rings is 1. The van der Waals surface area contributed by atoms with E-state index < -0.39 is 5.97 Å². The maximum Gasteiger partial charge on any atom is 0.430 e. The maximum absolute atomic E-state index is 13.6. The fourth-order valence-corrected chi connectivity index (χ4v) is 4.95. The number of aryl methyl sites for hydroxylation is 1. The van der Waals surface area contributed by atoms with E-state index in [1.807, 2.05) is 19.1 Å². The van der Waals surface area contributed by atoms with Crippen LogP contribution in [-0.4, -0.2) is 59.2 Å². The van der Waals surface area contributed by atoms with Gasteiger partial charge in [0, 0.05) is 12.3 Å². The van der Waals surface area contributed by atoms with Gasteiger partial charge < -0.3 is 14.5 Å². The lowest BCUT2D eigenvalue weighted by Gasteiger charge is -2.34. The monoisotopic (exact) mass is 469 g/mol. The number of hydrogen-bond acceptors (Lipinski definition) is 6. The Labute approximate surface area is 199 Å². The molecule has 1 aromatic heterocycles. The fraction of sp³-hybridized carbons (Fsp3) is 0.520. The molecule has 182 valence electrons. The number of H-pyrrole nitrogens is 1. The van der Waals surface area contributed by atoms with Crippen LogP contribution in [0, 0.1) is 0 Å². The van der Waals surface area contributed by atoms with Crippen LogP contribution in [0.3, 0.4) is 0 Å². The van der Waals surface area contributed by atoms with Crippen LogP contribution in [0.4, 0.5) is 10.6 Å². The summed E-state index contributed by atoms with van der Waals surface area (Å²) >= 11 is 0. The number of amides is 3. The molecule has 1 unspecified atom stereocenters. The smallest absolute Gasteiger partial charge is 0.430 e. The van der Waals surface area contributed by atoms with Gasteiger partial charge >= 0.3 is 17.9 Å². The molecular weight excluding hydrogens is 436 g/mol. The number of quaternary nitrogens is 1. The molecule has 1 aliphatic heterocycles. The molecule has 34 heavy (non-hydrogen) atoms. The molecular formula is C25H33N4O5+. The van der Waals surface area contributed by atoms with E-state index in [0.29, 0.717) is 55.5 Å². The molecule has 3 amide bonds. The van der Waals surface area contributed by atoms with Gasteiger partial charge in [0.15, 0.2) is 18.1 Å². The number of imide groups is 1. The fourth-order valence-electron chi connectivity index (χ4n) is 4.95. The van der Waals surface area contributed by atoms with Crippen molar-refractivity contribution in [2.24, 2.45) is 0 Å². The first-order valence-corrected chi connectivity index (χ1v) is 12.1. The summed E-state index contributed by atoms with van der Waals surface area (Å²) in [5, 5.41) is 2.91. The van der Waals surface area contributed by atoms with E-state index in [1.54, 1.807) is 12.1 Å². The van der Waals surface area contributed by atoms with Crippen LogP contribution in [0.5, 0.6) is 5.75 Å². The van der Waals surface area contributed by atoms with Crippen LogP contribution in [0.15, 0.2) is 24.3 Å². The largest absolute Gasteiger partial charge is 0.482 e. The predicted octanol–water partition coefficient (Wildman–Crippen LogP) is 4.16. The first-order chi connectivity index (χ1) is 16.5. The lowest BCUT2D eigenvalue weighted by Crippen LogP contribution is -2.62. The number of nitrogens with one attached hydrogen (secondary N) is 2. The van der Waals surface area contributed by atoms with Crippen molar-refractivity contribution in [2.45, 2.75) is 57.8 Å². The number of fused-ring (bicyclic) bond motifs is 1. The van der Waals surface area contributed by atoms with Crippen molar-refractivity contribution in [2.75, 3.05) is 32.1 Å². The number of hydrogen-bond donors (Lipinski definition) is 2. The van der Waals surface area contributed by atoms with Gasteiger partial charge in [0.1, 0.15) is 11.6 Å². The Morgan fingerprint density at radius 2 is 1.88 bits per heavy atom. The normalized spacial score (nSPS) is 20.2. The number of methoxy groups -OCH3 is 1. The molecule has 1 aliphatic carbocycles. The highest BCUT2D eigenvalue weighted by Crippen LogP contribution is 2.36. The SMILES string of the molecule is CCC[N+]1(CCCc2ccc(OCC(=O)OC)cc2)C(=O)Nc2nc(C3CCCC3)[nH]c2C1=O. The van der Waals surface area contributed by atoms with Crippen LogP contribution in [0.25, 0.3) is 0 Å². The molecule has 0 radical (unpaired) electrons. The van der Waals surface area contributed by atoms with E-state index in [0.717, 1.165) is 24.2 Å². The zero-order valence-electron chi connectivity index (χ0n) is 19.9. The predicted molar refractivity (Wildman–Crippen MR) is 126 cm³/mol. The number of urea groups is 1. The number of anilines is 1. The van der Waals surface area contributed by atoms with Crippen LogP contribution in [-0.2, 0) is 16.0 Å². The Hall–Kier alpha value is -3.20. The zero-order valence-corrected chi connectivity index (χ0v) is 19.9. The second kappa shape index (κ2) is 10.4. The van der Waals surface area contributed by atoms with Gasteiger partial charge in [-0.1, -0.05) is 31.9 Å². The molecule has 1 aromatic carbocycles. The van der Waals surface area contributed by atoms with Gasteiger partial charge in [-0.25, -0.2) is 19.4 Å². The Kier molecular flexibility index (Phi) is 7.31. The minimum Gasteiger partial charge on any atom is -0.482 e. The lowest BCUT2D eigenvalue weighted by molar-refractivity contribution is -0.766. The van der Waals surface area contributed by atoms with Crippen molar-refractivity contribution in [3.05, 3.63) is 41.3 Å². The van der Waals surface area contributed by atoms with E-state index in [-0.39, 0.29) is 23.0 Å². The zero-order chi connectivity index (χ0) is 24.1. The summed E-state index contributed by atoms with van der Waals surface area (Å²) in [4.78, 5) is 45.8. The van der Waals surface area contributed by atoms with Gasteiger partial charge in [0.2, 0.25) is 0 Å². The summed E-state index contributed by atoms with van der Waals surface area (Å²) in [7, 11) is 1.32. The number of rotatable bonds is 10. The lowest BCUT2D eigenvalue weighted by atomic mass is 10.1. The quantitative estimate of drug-likeness (QED) is 0.399. The van der Waals surface area contributed by atoms with Crippen molar-refractivity contribution in [1.82, 2.24) is 9.97 Å². The number of nitrogens with zero attached hydrogens (tertiary/aromatic N) is 2. The van der Waals surface area contributed by atoms with Gasteiger partial charge in [0.05, 0.1) is 20.2 Å².